The maximum atomic E-state index is 12.8. The van der Waals surface area contributed by atoms with E-state index in [1.807, 2.05) is 18.2 Å². The average molecular weight is 423 g/mol. The zero-order chi connectivity index (χ0) is 20.1. The van der Waals surface area contributed by atoms with Gasteiger partial charge < -0.3 is 10.1 Å². The minimum Gasteiger partial charge on any atom is -0.481 e. The van der Waals surface area contributed by atoms with Gasteiger partial charge in [-0.1, -0.05) is 25.1 Å². The number of amides is 1. The van der Waals surface area contributed by atoms with Crippen molar-refractivity contribution >= 4 is 27.3 Å². The highest BCUT2D eigenvalue weighted by Crippen LogP contribution is 2.28. The molecule has 2 heterocycles. The van der Waals surface area contributed by atoms with Crippen LogP contribution in [0.3, 0.4) is 0 Å². The quantitative estimate of drug-likeness (QED) is 0.743. The summed E-state index contributed by atoms with van der Waals surface area (Å²) in [6.07, 6.45) is 1.15. The highest BCUT2D eigenvalue weighted by atomic mass is 32.2. The van der Waals surface area contributed by atoms with Crippen LogP contribution >= 0.6 is 11.3 Å². The van der Waals surface area contributed by atoms with Crippen molar-refractivity contribution in [3.8, 4) is 5.75 Å². The first-order chi connectivity index (χ1) is 13.4. The molecule has 3 rings (SSSR count). The Kier molecular flexibility index (Phi) is 6.74. The summed E-state index contributed by atoms with van der Waals surface area (Å²) < 4.78 is 33.1. The zero-order valence-corrected chi connectivity index (χ0v) is 17.8. The van der Waals surface area contributed by atoms with Crippen molar-refractivity contribution in [1.82, 2.24) is 9.62 Å². The Morgan fingerprint density at radius 3 is 2.57 bits per heavy atom. The van der Waals surface area contributed by atoms with Crippen molar-refractivity contribution in [2.45, 2.75) is 43.5 Å². The molecule has 8 heteroatoms. The molecule has 0 aliphatic carbocycles. The maximum absolute atomic E-state index is 12.8. The van der Waals surface area contributed by atoms with Crippen molar-refractivity contribution in [2.75, 3.05) is 13.1 Å². The number of nitrogens with zero attached hydrogens (tertiary/aromatic N) is 1. The molecule has 2 aromatic rings. The van der Waals surface area contributed by atoms with E-state index in [1.54, 1.807) is 35.5 Å². The van der Waals surface area contributed by atoms with Gasteiger partial charge in [0.15, 0.2) is 6.10 Å². The summed E-state index contributed by atoms with van der Waals surface area (Å²) in [7, 11) is -3.45. The first-order valence-corrected chi connectivity index (χ1v) is 11.7. The Morgan fingerprint density at radius 2 is 1.89 bits per heavy atom. The minimum atomic E-state index is -3.45. The maximum Gasteiger partial charge on any atom is 0.261 e. The van der Waals surface area contributed by atoms with Gasteiger partial charge in [-0.2, -0.15) is 4.31 Å². The predicted molar refractivity (Wildman–Crippen MR) is 110 cm³/mol. The number of sulfonamides is 1. The fourth-order valence-corrected chi connectivity index (χ4v) is 5.94. The molecule has 1 N–H and O–H groups in total. The second-order valence-corrected chi connectivity index (χ2v) is 10.4. The van der Waals surface area contributed by atoms with Crippen LogP contribution in [0, 0.1) is 5.92 Å². The lowest BCUT2D eigenvalue weighted by molar-refractivity contribution is -0.127. The van der Waals surface area contributed by atoms with Crippen molar-refractivity contribution < 1.29 is 17.9 Å². The lowest BCUT2D eigenvalue weighted by Gasteiger charge is -2.28. The smallest absolute Gasteiger partial charge is 0.261 e. The van der Waals surface area contributed by atoms with E-state index in [4.69, 9.17) is 4.74 Å². The van der Waals surface area contributed by atoms with Gasteiger partial charge in [0.05, 0.1) is 6.54 Å². The molecule has 0 saturated carbocycles. The van der Waals surface area contributed by atoms with Crippen LogP contribution in [0.4, 0.5) is 0 Å². The highest BCUT2D eigenvalue weighted by molar-refractivity contribution is 7.91. The molecule has 0 spiro atoms. The summed E-state index contributed by atoms with van der Waals surface area (Å²) in [5.41, 5.74) is 0. The largest absolute Gasteiger partial charge is 0.481 e. The summed E-state index contributed by atoms with van der Waals surface area (Å²) in [4.78, 5) is 13.0. The van der Waals surface area contributed by atoms with Gasteiger partial charge in [-0.3, -0.25) is 4.79 Å². The minimum absolute atomic E-state index is 0.244. The van der Waals surface area contributed by atoms with Gasteiger partial charge in [-0.05, 0) is 49.9 Å². The number of para-hydroxylation sites is 1. The lowest BCUT2D eigenvalue weighted by atomic mass is 10.0. The van der Waals surface area contributed by atoms with E-state index in [0.717, 1.165) is 17.7 Å². The molecule has 152 valence electrons. The van der Waals surface area contributed by atoms with Gasteiger partial charge in [0.1, 0.15) is 9.96 Å². The molecular weight excluding hydrogens is 396 g/mol. The third kappa shape index (κ3) is 5.12. The molecule has 1 aromatic carbocycles. The number of hydrogen-bond acceptors (Lipinski definition) is 5. The van der Waals surface area contributed by atoms with Crippen LogP contribution < -0.4 is 10.1 Å². The second-order valence-electron chi connectivity index (χ2n) is 7.10. The van der Waals surface area contributed by atoms with Gasteiger partial charge in [-0.15, -0.1) is 11.3 Å². The number of nitrogens with one attached hydrogen (secondary N) is 1. The number of rotatable bonds is 7. The van der Waals surface area contributed by atoms with Crippen molar-refractivity contribution in [1.29, 1.82) is 0 Å². The Balaban J connectivity index is 1.55. The van der Waals surface area contributed by atoms with E-state index >= 15 is 0 Å². The first-order valence-electron chi connectivity index (χ1n) is 9.44. The SMILES string of the molecule is CC1CCN(S(=O)(=O)c2ccc(CNC(=O)C(C)Oc3ccccc3)s2)CC1. The zero-order valence-electron chi connectivity index (χ0n) is 16.1. The Labute approximate surface area is 170 Å². The number of thiophene rings is 1. The van der Waals surface area contributed by atoms with Crippen molar-refractivity contribution in [2.24, 2.45) is 5.92 Å². The number of carbonyl (C=O) groups is 1. The van der Waals surface area contributed by atoms with Crippen LogP contribution in [0.25, 0.3) is 0 Å². The van der Waals surface area contributed by atoms with Gasteiger partial charge >= 0.3 is 0 Å². The van der Waals surface area contributed by atoms with Crippen molar-refractivity contribution in [3.05, 3.63) is 47.3 Å². The standard InChI is InChI=1S/C20H26N2O4S2/c1-15-10-12-22(13-11-15)28(24,25)19-9-8-18(27-19)14-21-20(23)16(2)26-17-6-4-3-5-7-17/h3-9,15-16H,10-14H2,1-2H3,(H,21,23). The van der Waals surface area contributed by atoms with Gasteiger partial charge in [0, 0.05) is 18.0 Å². The number of benzene rings is 1. The molecule has 1 aliphatic heterocycles. The molecule has 1 unspecified atom stereocenters. The van der Waals surface area contributed by atoms with Crippen LogP contribution in [0.1, 0.15) is 31.6 Å². The average Bonchev–Trinajstić information content (AvgIpc) is 3.17. The first kappa shape index (κ1) is 20.8. The van der Waals surface area contributed by atoms with E-state index in [-0.39, 0.29) is 12.5 Å². The molecular formula is C20H26N2O4S2. The Hall–Kier alpha value is -1.90. The fraction of sp³-hybridized carbons (Fsp3) is 0.450. The summed E-state index contributed by atoms with van der Waals surface area (Å²) in [6.45, 7) is 5.25. The van der Waals surface area contributed by atoms with Crippen LogP contribution in [0.2, 0.25) is 0 Å². The fourth-order valence-electron chi connectivity index (χ4n) is 3.02. The molecule has 1 fully saturated rings. The predicted octanol–water partition coefficient (Wildman–Crippen LogP) is 3.25. The Bertz CT molecular complexity index is 888. The van der Waals surface area contributed by atoms with E-state index in [1.165, 1.54) is 11.3 Å². The highest BCUT2D eigenvalue weighted by Gasteiger charge is 2.29. The molecule has 1 atom stereocenters. The topological polar surface area (TPSA) is 75.7 Å². The molecule has 1 aromatic heterocycles. The number of carbonyl (C=O) groups excluding carboxylic acids is 1. The lowest BCUT2D eigenvalue weighted by Crippen LogP contribution is -2.37. The van der Waals surface area contributed by atoms with Crippen LogP contribution in [0.5, 0.6) is 5.75 Å². The van der Waals surface area contributed by atoms with Gasteiger partial charge in [0.2, 0.25) is 0 Å². The third-order valence-electron chi connectivity index (χ3n) is 4.84. The van der Waals surface area contributed by atoms with E-state index < -0.39 is 16.1 Å². The second kappa shape index (κ2) is 9.07. The molecule has 28 heavy (non-hydrogen) atoms. The number of piperidine rings is 1. The van der Waals surface area contributed by atoms with Crippen LogP contribution in [-0.2, 0) is 21.4 Å². The van der Waals surface area contributed by atoms with E-state index in [9.17, 15) is 13.2 Å². The van der Waals surface area contributed by atoms with Gasteiger partial charge in [0.25, 0.3) is 15.9 Å². The molecule has 0 bridgehead atoms. The summed E-state index contributed by atoms with van der Waals surface area (Å²) >= 11 is 1.21. The monoisotopic (exact) mass is 422 g/mol. The molecule has 1 amide bonds. The normalized spacial score (nSPS) is 17.2. The summed E-state index contributed by atoms with van der Waals surface area (Å²) in [5.74, 6) is 0.956. The molecule has 1 saturated heterocycles. The van der Waals surface area contributed by atoms with E-state index in [2.05, 4.69) is 12.2 Å². The summed E-state index contributed by atoms with van der Waals surface area (Å²) in [5, 5.41) is 2.81. The van der Waals surface area contributed by atoms with Crippen molar-refractivity contribution in [3.63, 3.8) is 0 Å². The molecule has 1 aliphatic rings. The molecule has 6 nitrogen and oxygen atoms in total. The molecule has 0 radical (unpaired) electrons. The van der Waals surface area contributed by atoms with Crippen LogP contribution in [-0.4, -0.2) is 37.8 Å². The third-order valence-corrected chi connectivity index (χ3v) is 8.29. The Morgan fingerprint density at radius 1 is 1.21 bits per heavy atom. The number of ether oxygens (including phenoxy) is 1. The van der Waals surface area contributed by atoms with Gasteiger partial charge in [-0.25, -0.2) is 8.42 Å². The number of hydrogen-bond donors (Lipinski definition) is 1. The summed E-state index contributed by atoms with van der Waals surface area (Å²) in [6, 6.07) is 12.5. The van der Waals surface area contributed by atoms with Crippen LogP contribution in [0.15, 0.2) is 46.7 Å². The van der Waals surface area contributed by atoms with E-state index in [0.29, 0.717) is 29.0 Å².